The van der Waals surface area contributed by atoms with Gasteiger partial charge in [0.05, 0.1) is 5.69 Å². The number of rotatable bonds is 5. The summed E-state index contributed by atoms with van der Waals surface area (Å²) < 4.78 is 6.56. The largest absolute Gasteiger partial charge is 0.374 e. The van der Waals surface area contributed by atoms with Gasteiger partial charge in [-0.05, 0) is 18.6 Å². The number of hydrogen-bond acceptors (Lipinski definition) is 3. The van der Waals surface area contributed by atoms with E-state index in [1.165, 1.54) is 0 Å². The summed E-state index contributed by atoms with van der Waals surface area (Å²) in [5, 5.41) is 3.16. The minimum atomic E-state index is 0.126. The molecule has 2 aromatic rings. The van der Waals surface area contributed by atoms with Gasteiger partial charge < -0.3 is 4.74 Å². The molecule has 0 aliphatic carbocycles. The molecule has 1 atom stereocenters. The maximum absolute atomic E-state index is 5.49. The summed E-state index contributed by atoms with van der Waals surface area (Å²) in [6.45, 7) is 2.16. The van der Waals surface area contributed by atoms with Crippen LogP contribution in [0.4, 0.5) is 0 Å². The van der Waals surface area contributed by atoms with Crippen LogP contribution in [0.15, 0.2) is 34.1 Å². The third-order valence-electron chi connectivity index (χ3n) is 2.75. The molecule has 18 heavy (non-hydrogen) atoms. The number of hydrogen-bond donors (Lipinski definition) is 0. The van der Waals surface area contributed by atoms with E-state index in [1.54, 1.807) is 18.4 Å². The Balaban J connectivity index is 2.24. The monoisotopic (exact) mass is 325 g/mol. The number of thiazole rings is 1. The van der Waals surface area contributed by atoms with Crippen LogP contribution < -0.4 is 0 Å². The lowest BCUT2D eigenvalue weighted by atomic mass is 10.2. The van der Waals surface area contributed by atoms with Crippen molar-refractivity contribution in [3.05, 3.63) is 39.1 Å². The van der Waals surface area contributed by atoms with Crippen LogP contribution in [0.2, 0.25) is 0 Å². The molecule has 0 N–H and O–H groups in total. The third-order valence-corrected chi connectivity index (χ3v) is 4.18. The molecule has 0 bridgehead atoms. The van der Waals surface area contributed by atoms with Crippen molar-refractivity contribution in [2.75, 3.05) is 7.11 Å². The van der Waals surface area contributed by atoms with E-state index in [1.807, 2.05) is 12.1 Å². The number of benzene rings is 1. The van der Waals surface area contributed by atoms with Crippen molar-refractivity contribution >= 4 is 27.3 Å². The Morgan fingerprint density at radius 2 is 2.28 bits per heavy atom. The predicted octanol–water partition coefficient (Wildman–Crippen LogP) is 5.06. The zero-order valence-corrected chi connectivity index (χ0v) is 12.9. The Morgan fingerprint density at radius 1 is 1.44 bits per heavy atom. The van der Waals surface area contributed by atoms with Gasteiger partial charge in [0.25, 0.3) is 0 Å². The maximum Gasteiger partial charge on any atom is 0.122 e. The average molecular weight is 326 g/mol. The van der Waals surface area contributed by atoms with Crippen molar-refractivity contribution in [3.63, 3.8) is 0 Å². The molecular weight excluding hydrogens is 310 g/mol. The fourth-order valence-electron chi connectivity index (χ4n) is 1.82. The first-order valence-electron chi connectivity index (χ1n) is 5.98. The van der Waals surface area contributed by atoms with Gasteiger partial charge in [-0.1, -0.05) is 41.4 Å². The van der Waals surface area contributed by atoms with Gasteiger partial charge in [-0.15, -0.1) is 11.3 Å². The number of ether oxygens (including phenoxy) is 1. The predicted molar refractivity (Wildman–Crippen MR) is 79.9 cm³/mol. The Hall–Kier alpha value is -0.710. The van der Waals surface area contributed by atoms with Crippen LogP contribution in [-0.4, -0.2) is 12.1 Å². The molecule has 0 fully saturated rings. The molecule has 1 aromatic heterocycles. The Labute approximate surface area is 120 Å². The first-order valence-corrected chi connectivity index (χ1v) is 7.66. The third kappa shape index (κ3) is 3.19. The maximum atomic E-state index is 5.49. The number of methoxy groups -OCH3 is 1. The van der Waals surface area contributed by atoms with Gasteiger partial charge in [0.1, 0.15) is 11.1 Å². The molecule has 96 valence electrons. The van der Waals surface area contributed by atoms with Gasteiger partial charge in [0, 0.05) is 22.5 Å². The quantitative estimate of drug-likeness (QED) is 0.766. The summed E-state index contributed by atoms with van der Waals surface area (Å²) in [7, 11) is 1.75. The van der Waals surface area contributed by atoms with E-state index >= 15 is 0 Å². The van der Waals surface area contributed by atoms with Gasteiger partial charge in [0.15, 0.2) is 0 Å². The summed E-state index contributed by atoms with van der Waals surface area (Å²) in [4.78, 5) is 4.68. The highest BCUT2D eigenvalue weighted by atomic mass is 79.9. The van der Waals surface area contributed by atoms with Gasteiger partial charge in [-0.3, -0.25) is 0 Å². The van der Waals surface area contributed by atoms with Crippen molar-refractivity contribution in [3.8, 4) is 11.3 Å². The Morgan fingerprint density at radius 3 is 2.94 bits per heavy atom. The normalized spacial score (nSPS) is 12.6. The molecule has 1 heterocycles. The van der Waals surface area contributed by atoms with E-state index < -0.39 is 0 Å². The molecule has 0 radical (unpaired) electrons. The van der Waals surface area contributed by atoms with Crippen LogP contribution in [0.3, 0.4) is 0 Å². The minimum Gasteiger partial charge on any atom is -0.374 e. The summed E-state index contributed by atoms with van der Waals surface area (Å²) in [5.41, 5.74) is 2.16. The summed E-state index contributed by atoms with van der Waals surface area (Å²) in [6.07, 6.45) is 2.24. The van der Waals surface area contributed by atoms with Gasteiger partial charge in [-0.2, -0.15) is 0 Å². The second-order valence-corrected chi connectivity index (χ2v) is 5.90. The number of nitrogens with zero attached hydrogens (tertiary/aromatic N) is 1. The molecular formula is C14H16BrNOS. The lowest BCUT2D eigenvalue weighted by Crippen LogP contribution is -2.00. The fourth-order valence-corrected chi connectivity index (χ4v) is 3.16. The Kier molecular flexibility index (Phi) is 4.92. The first-order chi connectivity index (χ1) is 8.74. The SMILES string of the molecule is CCCC(OC)c1nc(-c2cccc(Br)c2)cs1. The van der Waals surface area contributed by atoms with Crippen LogP contribution in [0.5, 0.6) is 0 Å². The summed E-state index contributed by atoms with van der Waals surface area (Å²) >= 11 is 5.16. The minimum absolute atomic E-state index is 0.126. The molecule has 2 nitrogen and oxygen atoms in total. The van der Waals surface area contributed by atoms with E-state index in [0.717, 1.165) is 33.6 Å². The van der Waals surface area contributed by atoms with E-state index in [9.17, 15) is 0 Å². The lowest BCUT2D eigenvalue weighted by molar-refractivity contribution is 0.0948. The molecule has 2 rings (SSSR count). The molecule has 4 heteroatoms. The van der Waals surface area contributed by atoms with Crippen LogP contribution in [0.25, 0.3) is 11.3 Å². The molecule has 0 aliphatic rings. The van der Waals surface area contributed by atoms with Crippen LogP contribution in [-0.2, 0) is 4.74 Å². The van der Waals surface area contributed by atoms with E-state index in [2.05, 4.69) is 45.4 Å². The summed E-state index contributed by atoms with van der Waals surface area (Å²) in [6, 6.07) is 8.20. The zero-order chi connectivity index (χ0) is 13.0. The molecule has 0 saturated heterocycles. The second-order valence-electron chi connectivity index (χ2n) is 4.09. The molecule has 1 aromatic carbocycles. The molecule has 0 aliphatic heterocycles. The number of aromatic nitrogens is 1. The van der Waals surface area contributed by atoms with E-state index in [-0.39, 0.29) is 6.10 Å². The molecule has 0 amide bonds. The molecule has 0 spiro atoms. The van der Waals surface area contributed by atoms with Crippen molar-refractivity contribution < 1.29 is 4.74 Å². The van der Waals surface area contributed by atoms with E-state index in [4.69, 9.17) is 4.74 Å². The van der Waals surface area contributed by atoms with Crippen molar-refractivity contribution in [1.29, 1.82) is 0 Å². The van der Waals surface area contributed by atoms with Crippen LogP contribution >= 0.6 is 27.3 Å². The van der Waals surface area contributed by atoms with E-state index in [0.29, 0.717) is 0 Å². The smallest absolute Gasteiger partial charge is 0.122 e. The molecule has 0 saturated carbocycles. The highest BCUT2D eigenvalue weighted by Gasteiger charge is 2.14. The average Bonchev–Trinajstić information content (AvgIpc) is 2.85. The van der Waals surface area contributed by atoms with Gasteiger partial charge in [0.2, 0.25) is 0 Å². The van der Waals surface area contributed by atoms with Crippen molar-refractivity contribution in [2.45, 2.75) is 25.9 Å². The second kappa shape index (κ2) is 6.45. The fraction of sp³-hybridized carbons (Fsp3) is 0.357. The standard InChI is InChI=1S/C14H16BrNOS/c1-3-5-13(17-2)14-16-12(9-18-14)10-6-4-7-11(15)8-10/h4,6-9,13H,3,5H2,1-2H3. The number of halogens is 1. The van der Waals surface area contributed by atoms with Gasteiger partial charge in [-0.25, -0.2) is 4.98 Å². The highest BCUT2D eigenvalue weighted by Crippen LogP contribution is 2.30. The van der Waals surface area contributed by atoms with Crippen LogP contribution in [0.1, 0.15) is 30.9 Å². The summed E-state index contributed by atoms with van der Waals surface area (Å²) in [5.74, 6) is 0. The highest BCUT2D eigenvalue weighted by molar-refractivity contribution is 9.10. The topological polar surface area (TPSA) is 22.1 Å². The zero-order valence-electron chi connectivity index (χ0n) is 10.5. The van der Waals surface area contributed by atoms with Crippen molar-refractivity contribution in [1.82, 2.24) is 4.98 Å². The van der Waals surface area contributed by atoms with Crippen LogP contribution in [0, 0.1) is 0 Å². The first kappa shape index (κ1) is 13.7. The lowest BCUT2D eigenvalue weighted by Gasteiger charge is -2.10. The molecule has 1 unspecified atom stereocenters. The Bertz CT molecular complexity index is 512. The van der Waals surface area contributed by atoms with Crippen molar-refractivity contribution in [2.24, 2.45) is 0 Å². The van der Waals surface area contributed by atoms with Gasteiger partial charge >= 0.3 is 0 Å².